The number of carbonyl (C=O) groups excluding carboxylic acids is 5. The SMILES string of the molecule is CC(C)(C)OC(=O)C(O)(CC(=O)NCCCCN(O)C(=O)/C=C/c1ccccc1)CC(=O)NCCCCN(O)C(=O)/C=C/c1ccccc1. The maximum absolute atomic E-state index is 12.9. The summed E-state index contributed by atoms with van der Waals surface area (Å²) in [4.78, 5) is 62.5. The number of nitrogens with zero attached hydrogens (tertiary/aromatic N) is 2. The number of aliphatic hydroxyl groups is 1. The number of unbranched alkanes of at least 4 members (excludes halogenated alkanes) is 2. The Kier molecular flexibility index (Phi) is 16.9. The fraction of sp³-hybridized carbons (Fsp3) is 0.417. The van der Waals surface area contributed by atoms with Crippen LogP contribution in [-0.4, -0.2) is 92.6 Å². The highest BCUT2D eigenvalue weighted by molar-refractivity contribution is 5.93. The van der Waals surface area contributed by atoms with Crippen LogP contribution in [0.4, 0.5) is 0 Å². The fourth-order valence-corrected chi connectivity index (χ4v) is 4.32. The minimum Gasteiger partial charge on any atom is -0.458 e. The second-order valence-corrected chi connectivity index (χ2v) is 12.4. The van der Waals surface area contributed by atoms with Crippen molar-refractivity contribution in [2.75, 3.05) is 26.2 Å². The summed E-state index contributed by atoms with van der Waals surface area (Å²) >= 11 is 0. The molecular weight excluding hydrogens is 632 g/mol. The molecule has 0 bridgehead atoms. The first-order chi connectivity index (χ1) is 23.2. The standard InChI is InChI=1S/C36H48N4O9/c1-35(2,3)49-34(45)36(46,26-30(41)37-22-10-12-24-39(47)32(43)20-18-28-14-6-4-7-15-28)27-31(42)38-23-11-13-25-40(48)33(44)21-19-29-16-8-5-9-17-29/h4-9,14-21,46-48H,10-13,22-27H2,1-3H3,(H,37,41)(H,38,42)/b20-18+,21-19+. The molecular formula is C36H48N4O9. The predicted molar refractivity (Wildman–Crippen MR) is 182 cm³/mol. The number of ether oxygens (including phenoxy) is 1. The van der Waals surface area contributed by atoms with Crippen LogP contribution in [-0.2, 0) is 28.7 Å². The lowest BCUT2D eigenvalue weighted by Gasteiger charge is -2.29. The van der Waals surface area contributed by atoms with E-state index >= 15 is 0 Å². The van der Waals surface area contributed by atoms with Crippen LogP contribution in [0.3, 0.4) is 0 Å². The summed E-state index contributed by atoms with van der Waals surface area (Å²) in [6, 6.07) is 18.3. The van der Waals surface area contributed by atoms with Gasteiger partial charge in [0, 0.05) is 38.3 Å². The number of hydrogen-bond donors (Lipinski definition) is 5. The lowest BCUT2D eigenvalue weighted by atomic mass is 9.94. The molecule has 0 fully saturated rings. The molecule has 0 saturated heterocycles. The monoisotopic (exact) mass is 680 g/mol. The van der Waals surface area contributed by atoms with Crippen molar-refractivity contribution in [3.63, 3.8) is 0 Å². The van der Waals surface area contributed by atoms with Gasteiger partial charge >= 0.3 is 5.97 Å². The lowest BCUT2D eigenvalue weighted by Crippen LogP contribution is -2.50. The second kappa shape index (κ2) is 20.5. The van der Waals surface area contributed by atoms with Gasteiger partial charge in [0.1, 0.15) is 5.60 Å². The zero-order chi connectivity index (χ0) is 36.3. The van der Waals surface area contributed by atoms with Crippen LogP contribution >= 0.6 is 0 Å². The van der Waals surface area contributed by atoms with Crippen LogP contribution in [0.15, 0.2) is 72.8 Å². The molecule has 266 valence electrons. The minimum absolute atomic E-state index is 0.0216. The van der Waals surface area contributed by atoms with E-state index in [1.54, 1.807) is 32.9 Å². The van der Waals surface area contributed by atoms with Gasteiger partial charge in [-0.2, -0.15) is 0 Å². The third-order valence-corrected chi connectivity index (χ3v) is 6.87. The smallest absolute Gasteiger partial charge is 0.339 e. The molecule has 49 heavy (non-hydrogen) atoms. The van der Waals surface area contributed by atoms with Gasteiger partial charge in [0.25, 0.3) is 11.8 Å². The van der Waals surface area contributed by atoms with E-state index in [-0.39, 0.29) is 26.2 Å². The zero-order valence-corrected chi connectivity index (χ0v) is 28.3. The Hall–Kier alpha value is -4.85. The van der Waals surface area contributed by atoms with Gasteiger partial charge in [-0.25, -0.2) is 14.9 Å². The molecule has 0 spiro atoms. The Labute approximate surface area is 287 Å². The van der Waals surface area contributed by atoms with Gasteiger partial charge in [-0.15, -0.1) is 0 Å². The topological polar surface area (TPSA) is 186 Å². The maximum Gasteiger partial charge on any atom is 0.339 e. The Morgan fingerprint density at radius 1 is 0.673 bits per heavy atom. The molecule has 0 heterocycles. The van der Waals surface area contributed by atoms with E-state index in [0.717, 1.165) is 11.1 Å². The first kappa shape index (κ1) is 40.3. The summed E-state index contributed by atoms with van der Waals surface area (Å²) in [6.07, 6.45) is 5.67. The number of benzene rings is 2. The van der Waals surface area contributed by atoms with E-state index in [9.17, 15) is 39.5 Å². The number of hydroxylamine groups is 4. The number of hydrogen-bond acceptors (Lipinski definition) is 9. The van der Waals surface area contributed by atoms with Crippen LogP contribution < -0.4 is 10.6 Å². The van der Waals surface area contributed by atoms with Gasteiger partial charge in [-0.3, -0.25) is 29.6 Å². The molecule has 0 aliphatic heterocycles. The molecule has 0 unspecified atom stereocenters. The molecule has 2 rings (SSSR count). The van der Waals surface area contributed by atoms with Crippen LogP contribution in [0.1, 0.15) is 70.4 Å². The van der Waals surface area contributed by atoms with Gasteiger partial charge in [0.2, 0.25) is 11.8 Å². The average molecular weight is 681 g/mol. The third-order valence-electron chi connectivity index (χ3n) is 6.87. The van der Waals surface area contributed by atoms with Crippen LogP contribution in [0.25, 0.3) is 12.2 Å². The molecule has 0 atom stereocenters. The molecule has 2 aromatic rings. The normalized spacial score (nSPS) is 11.7. The van der Waals surface area contributed by atoms with Crippen molar-refractivity contribution in [2.45, 2.75) is 70.5 Å². The Morgan fingerprint density at radius 2 is 1.06 bits per heavy atom. The van der Waals surface area contributed by atoms with Crippen LogP contribution in [0.5, 0.6) is 0 Å². The molecule has 0 aliphatic rings. The van der Waals surface area contributed by atoms with Crippen molar-refractivity contribution in [2.24, 2.45) is 0 Å². The molecule has 2 aromatic carbocycles. The van der Waals surface area contributed by atoms with Crippen molar-refractivity contribution in [1.29, 1.82) is 0 Å². The summed E-state index contributed by atoms with van der Waals surface area (Å²) < 4.78 is 5.29. The minimum atomic E-state index is -2.44. The molecule has 0 aromatic heterocycles. The molecule has 13 heteroatoms. The summed E-state index contributed by atoms with van der Waals surface area (Å²) in [6.45, 7) is 5.06. The maximum atomic E-state index is 12.9. The lowest BCUT2D eigenvalue weighted by molar-refractivity contribution is -0.181. The largest absolute Gasteiger partial charge is 0.458 e. The van der Waals surface area contributed by atoms with E-state index in [0.29, 0.717) is 35.8 Å². The van der Waals surface area contributed by atoms with Crippen molar-refractivity contribution in [3.8, 4) is 0 Å². The molecule has 0 radical (unpaired) electrons. The number of esters is 1. The molecule has 0 aliphatic carbocycles. The summed E-state index contributed by atoms with van der Waals surface area (Å²) in [7, 11) is 0. The molecule has 0 saturated carbocycles. The van der Waals surface area contributed by atoms with Crippen molar-refractivity contribution < 1.29 is 44.2 Å². The van der Waals surface area contributed by atoms with Crippen molar-refractivity contribution >= 4 is 41.8 Å². The van der Waals surface area contributed by atoms with Gasteiger partial charge in [0.05, 0.1) is 12.8 Å². The Balaban J connectivity index is 1.77. The summed E-state index contributed by atoms with van der Waals surface area (Å²) in [5, 5.41) is 37.4. The van der Waals surface area contributed by atoms with Crippen LogP contribution in [0.2, 0.25) is 0 Å². The molecule has 4 amide bonds. The van der Waals surface area contributed by atoms with Crippen molar-refractivity contribution in [1.82, 2.24) is 20.8 Å². The van der Waals surface area contributed by atoms with E-state index in [4.69, 9.17) is 4.74 Å². The number of carbonyl (C=O) groups is 5. The number of amides is 4. The molecule has 5 N–H and O–H groups in total. The predicted octanol–water partition coefficient (Wildman–Crippen LogP) is 3.49. The van der Waals surface area contributed by atoms with E-state index in [1.807, 2.05) is 60.7 Å². The van der Waals surface area contributed by atoms with Crippen molar-refractivity contribution in [3.05, 3.63) is 83.9 Å². The summed E-state index contributed by atoms with van der Waals surface area (Å²) in [5.41, 5.74) is -1.82. The first-order valence-electron chi connectivity index (χ1n) is 16.1. The highest BCUT2D eigenvalue weighted by Crippen LogP contribution is 2.22. The highest BCUT2D eigenvalue weighted by atomic mass is 16.6. The van der Waals surface area contributed by atoms with Gasteiger partial charge in [0.15, 0.2) is 5.60 Å². The quantitative estimate of drug-likeness (QED) is 0.0487. The number of rotatable bonds is 19. The third kappa shape index (κ3) is 16.7. The zero-order valence-electron chi connectivity index (χ0n) is 28.3. The fourth-order valence-electron chi connectivity index (χ4n) is 4.32. The second-order valence-electron chi connectivity index (χ2n) is 12.4. The summed E-state index contributed by atoms with van der Waals surface area (Å²) in [5.74, 6) is -3.70. The molecule has 13 nitrogen and oxygen atoms in total. The Morgan fingerprint density at radius 3 is 1.43 bits per heavy atom. The highest BCUT2D eigenvalue weighted by Gasteiger charge is 2.43. The average Bonchev–Trinajstić information content (AvgIpc) is 3.05. The van der Waals surface area contributed by atoms with E-state index in [2.05, 4.69) is 10.6 Å². The van der Waals surface area contributed by atoms with Gasteiger partial charge in [-0.05, 0) is 69.7 Å². The Bertz CT molecular complexity index is 1330. The van der Waals surface area contributed by atoms with Gasteiger partial charge < -0.3 is 20.5 Å². The van der Waals surface area contributed by atoms with Gasteiger partial charge in [-0.1, -0.05) is 60.7 Å². The first-order valence-corrected chi connectivity index (χ1v) is 16.1. The van der Waals surface area contributed by atoms with Crippen LogP contribution in [0, 0.1) is 0 Å². The van der Waals surface area contributed by atoms with E-state index < -0.39 is 53.6 Å². The van der Waals surface area contributed by atoms with E-state index in [1.165, 1.54) is 12.2 Å². The number of nitrogens with one attached hydrogen (secondary N) is 2.